The van der Waals surface area contributed by atoms with Crippen LogP contribution < -0.4 is 10.4 Å². The maximum atomic E-state index is 12.4. The molecule has 1 aliphatic rings. The first-order valence-corrected chi connectivity index (χ1v) is 7.00. The molecule has 2 aromatic rings. The molecule has 0 aromatic carbocycles. The van der Waals surface area contributed by atoms with Crippen molar-refractivity contribution in [2.45, 2.75) is 31.8 Å². The fourth-order valence-electron chi connectivity index (χ4n) is 2.67. The molecular weight excluding hydrogens is 288 g/mol. The van der Waals surface area contributed by atoms with Gasteiger partial charge < -0.3 is 9.84 Å². The Morgan fingerprint density at radius 1 is 1.50 bits per heavy atom. The van der Waals surface area contributed by atoms with Crippen LogP contribution in [0.5, 0.6) is 5.88 Å². The molecule has 2 aromatic heterocycles. The van der Waals surface area contributed by atoms with E-state index in [0.29, 0.717) is 24.5 Å². The summed E-state index contributed by atoms with van der Waals surface area (Å²) in [5, 5.41) is 13.5. The number of aryl methyl sites for hydroxylation is 1. The molecule has 0 spiro atoms. The molecule has 0 amide bonds. The van der Waals surface area contributed by atoms with Crippen molar-refractivity contribution in [3.05, 3.63) is 40.2 Å². The summed E-state index contributed by atoms with van der Waals surface area (Å²) < 4.78 is 7.57. The predicted octanol–water partition coefficient (Wildman–Crippen LogP) is 0.459. The number of hydrogen-bond donors (Lipinski definition) is 1. The second-order valence-electron chi connectivity index (χ2n) is 5.18. The monoisotopic (exact) mass is 304 g/mol. The quantitative estimate of drug-likeness (QED) is 0.881. The van der Waals surface area contributed by atoms with Gasteiger partial charge in [0, 0.05) is 18.7 Å². The first-order chi connectivity index (χ1) is 10.6. The molecule has 3 heterocycles. The van der Waals surface area contributed by atoms with Crippen LogP contribution in [0.15, 0.2) is 23.1 Å². The van der Waals surface area contributed by atoms with Crippen LogP contribution in [0.1, 0.15) is 30.3 Å². The summed E-state index contributed by atoms with van der Waals surface area (Å²) in [6.45, 7) is 0.252. The number of carbonyl (C=O) groups is 1. The number of pyridine rings is 1. The lowest BCUT2D eigenvalue weighted by atomic mass is 10.1. The molecule has 0 saturated heterocycles. The summed E-state index contributed by atoms with van der Waals surface area (Å²) in [7, 11) is 1.53. The number of fused-ring (bicyclic) bond motifs is 1. The lowest BCUT2D eigenvalue weighted by Gasteiger charge is -2.19. The van der Waals surface area contributed by atoms with Crippen molar-refractivity contribution >= 4 is 5.97 Å². The fraction of sp³-hybridized carbons (Fsp3) is 0.429. The summed E-state index contributed by atoms with van der Waals surface area (Å²) in [4.78, 5) is 27.8. The molecule has 0 radical (unpaired) electrons. The van der Waals surface area contributed by atoms with E-state index in [0.717, 1.165) is 12.0 Å². The summed E-state index contributed by atoms with van der Waals surface area (Å²) in [5.41, 5.74) is 0.406. The van der Waals surface area contributed by atoms with Crippen LogP contribution in [-0.4, -0.2) is 37.5 Å². The van der Waals surface area contributed by atoms with Crippen molar-refractivity contribution in [2.75, 3.05) is 7.11 Å². The number of nitrogens with zero attached hydrogens (tertiary/aromatic N) is 4. The van der Waals surface area contributed by atoms with E-state index in [-0.39, 0.29) is 6.54 Å². The number of rotatable bonds is 4. The zero-order valence-corrected chi connectivity index (χ0v) is 12.1. The SMILES string of the molecule is COc1ccc(Cn2nc3n(c2=O)[C@H](C(=O)O)CCC3)cn1. The fourth-order valence-corrected chi connectivity index (χ4v) is 2.67. The van der Waals surface area contributed by atoms with Crippen LogP contribution in [0.3, 0.4) is 0 Å². The second kappa shape index (κ2) is 5.63. The van der Waals surface area contributed by atoms with Gasteiger partial charge in [0.25, 0.3) is 0 Å². The molecule has 1 atom stereocenters. The van der Waals surface area contributed by atoms with Gasteiger partial charge >= 0.3 is 11.7 Å². The molecule has 8 heteroatoms. The number of aromatic nitrogens is 4. The van der Waals surface area contributed by atoms with Gasteiger partial charge in [-0.1, -0.05) is 6.07 Å². The summed E-state index contributed by atoms with van der Waals surface area (Å²) in [6.07, 6.45) is 3.40. The first-order valence-electron chi connectivity index (χ1n) is 7.00. The zero-order valence-electron chi connectivity index (χ0n) is 12.1. The Hall–Kier alpha value is -2.64. The lowest BCUT2D eigenvalue weighted by molar-refractivity contribution is -0.141. The molecule has 0 saturated carbocycles. The second-order valence-corrected chi connectivity index (χ2v) is 5.18. The molecule has 116 valence electrons. The Bertz CT molecular complexity index is 747. The maximum absolute atomic E-state index is 12.4. The molecule has 3 rings (SSSR count). The van der Waals surface area contributed by atoms with E-state index in [1.54, 1.807) is 18.3 Å². The normalized spacial score (nSPS) is 17.0. The van der Waals surface area contributed by atoms with E-state index < -0.39 is 17.7 Å². The summed E-state index contributed by atoms with van der Waals surface area (Å²) in [5.74, 6) is 0.0324. The van der Waals surface area contributed by atoms with Crippen LogP contribution in [0.25, 0.3) is 0 Å². The van der Waals surface area contributed by atoms with Crippen molar-refractivity contribution in [1.82, 2.24) is 19.3 Å². The van der Waals surface area contributed by atoms with Gasteiger partial charge in [-0.2, -0.15) is 5.10 Å². The number of carboxylic acid groups (broad SMARTS) is 1. The minimum absolute atomic E-state index is 0.252. The smallest absolute Gasteiger partial charge is 0.347 e. The molecule has 1 aliphatic heterocycles. The average Bonchev–Trinajstić information content (AvgIpc) is 2.84. The van der Waals surface area contributed by atoms with E-state index >= 15 is 0 Å². The average molecular weight is 304 g/mol. The van der Waals surface area contributed by atoms with Crippen LogP contribution in [0, 0.1) is 0 Å². The van der Waals surface area contributed by atoms with Gasteiger partial charge in [0.05, 0.1) is 13.7 Å². The highest BCUT2D eigenvalue weighted by atomic mass is 16.5. The highest BCUT2D eigenvalue weighted by molar-refractivity contribution is 5.72. The van der Waals surface area contributed by atoms with Crippen LogP contribution in [0.4, 0.5) is 0 Å². The molecule has 22 heavy (non-hydrogen) atoms. The number of ether oxygens (including phenoxy) is 1. The summed E-state index contributed by atoms with van der Waals surface area (Å²) >= 11 is 0. The third-order valence-corrected chi connectivity index (χ3v) is 3.75. The van der Waals surface area contributed by atoms with Gasteiger partial charge in [-0.15, -0.1) is 0 Å². The zero-order chi connectivity index (χ0) is 15.7. The highest BCUT2D eigenvalue weighted by Gasteiger charge is 2.30. The number of carboxylic acids is 1. The maximum Gasteiger partial charge on any atom is 0.347 e. The minimum atomic E-state index is -0.992. The Morgan fingerprint density at radius 3 is 2.95 bits per heavy atom. The number of methoxy groups -OCH3 is 1. The van der Waals surface area contributed by atoms with Gasteiger partial charge in [-0.25, -0.2) is 19.3 Å². The van der Waals surface area contributed by atoms with E-state index in [4.69, 9.17) is 4.74 Å². The minimum Gasteiger partial charge on any atom is -0.481 e. The van der Waals surface area contributed by atoms with E-state index in [1.807, 2.05) is 0 Å². The third-order valence-electron chi connectivity index (χ3n) is 3.75. The Morgan fingerprint density at radius 2 is 2.32 bits per heavy atom. The van der Waals surface area contributed by atoms with Crippen LogP contribution in [-0.2, 0) is 17.8 Å². The number of hydrogen-bond acceptors (Lipinski definition) is 5. The van der Waals surface area contributed by atoms with Gasteiger partial charge in [0.1, 0.15) is 11.9 Å². The highest BCUT2D eigenvalue weighted by Crippen LogP contribution is 2.21. The third kappa shape index (κ3) is 2.47. The van der Waals surface area contributed by atoms with Gasteiger partial charge in [0.15, 0.2) is 0 Å². The van der Waals surface area contributed by atoms with Gasteiger partial charge in [-0.05, 0) is 18.4 Å². The molecule has 0 bridgehead atoms. The molecule has 0 fully saturated rings. The molecule has 8 nitrogen and oxygen atoms in total. The largest absolute Gasteiger partial charge is 0.481 e. The van der Waals surface area contributed by atoms with Crippen LogP contribution >= 0.6 is 0 Å². The van der Waals surface area contributed by atoms with Crippen molar-refractivity contribution in [1.29, 1.82) is 0 Å². The first kappa shape index (κ1) is 14.3. The van der Waals surface area contributed by atoms with Crippen molar-refractivity contribution in [2.24, 2.45) is 0 Å². The van der Waals surface area contributed by atoms with Crippen molar-refractivity contribution in [3.8, 4) is 5.88 Å². The number of aliphatic carboxylic acids is 1. The summed E-state index contributed by atoms with van der Waals surface area (Å²) in [6, 6.07) is 2.68. The molecule has 0 unspecified atom stereocenters. The topological polar surface area (TPSA) is 99.2 Å². The van der Waals surface area contributed by atoms with Crippen molar-refractivity contribution < 1.29 is 14.6 Å². The Labute approximate surface area is 126 Å². The lowest BCUT2D eigenvalue weighted by Crippen LogP contribution is -2.34. The molecule has 1 N–H and O–H groups in total. The molecule has 0 aliphatic carbocycles. The van der Waals surface area contributed by atoms with E-state index in [1.165, 1.54) is 16.4 Å². The van der Waals surface area contributed by atoms with Crippen LogP contribution in [0.2, 0.25) is 0 Å². The van der Waals surface area contributed by atoms with Gasteiger partial charge in [-0.3, -0.25) is 4.57 Å². The molecular formula is C14H16N4O4. The van der Waals surface area contributed by atoms with E-state index in [9.17, 15) is 14.7 Å². The van der Waals surface area contributed by atoms with Gasteiger partial charge in [0.2, 0.25) is 5.88 Å². The van der Waals surface area contributed by atoms with Crippen molar-refractivity contribution in [3.63, 3.8) is 0 Å². The predicted molar refractivity (Wildman–Crippen MR) is 76.0 cm³/mol. The standard InChI is InChI=1S/C14H16N4O4/c1-22-12-6-5-9(7-15-12)8-17-14(21)18-10(13(19)20)3-2-4-11(18)16-17/h5-7,10H,2-4,8H2,1H3,(H,19,20)/t10-/m0/s1. The Balaban J connectivity index is 1.92. The van der Waals surface area contributed by atoms with E-state index in [2.05, 4.69) is 10.1 Å². The Kier molecular flexibility index (Phi) is 3.66.